The van der Waals surface area contributed by atoms with Gasteiger partial charge in [0.2, 0.25) is 0 Å². The summed E-state index contributed by atoms with van der Waals surface area (Å²) in [7, 11) is 0. The number of hydrogen-bond donors (Lipinski definition) is 0. The molecule has 2 unspecified atom stereocenters. The van der Waals surface area contributed by atoms with E-state index in [1.807, 2.05) is 0 Å². The van der Waals surface area contributed by atoms with Gasteiger partial charge in [0.05, 0.1) is 0 Å². The largest absolute Gasteiger partial charge is 0.0648 e. The van der Waals surface area contributed by atoms with E-state index in [4.69, 9.17) is 0 Å². The Labute approximate surface area is 196 Å². The fourth-order valence-electron chi connectivity index (χ4n) is 6.07. The smallest absolute Gasteiger partial charge is 0.0287 e. The Kier molecular flexibility index (Phi) is 5.03. The molecule has 0 spiro atoms. The second kappa shape index (κ2) is 8.19. The first-order valence-corrected chi connectivity index (χ1v) is 12.3. The fourth-order valence-corrected chi connectivity index (χ4v) is 6.07. The minimum atomic E-state index is 0.295. The Balaban J connectivity index is 1.74. The lowest BCUT2D eigenvalue weighted by Gasteiger charge is -2.30. The number of fused-ring (bicyclic) bond motifs is 4. The molecule has 2 aliphatic rings. The maximum absolute atomic E-state index is 2.49. The summed E-state index contributed by atoms with van der Waals surface area (Å²) in [5.41, 5.74) is 8.74. The molecule has 0 nitrogen and oxygen atoms in total. The van der Waals surface area contributed by atoms with Gasteiger partial charge in [-0.3, -0.25) is 0 Å². The molecule has 4 aromatic rings. The summed E-state index contributed by atoms with van der Waals surface area (Å²) in [6, 6.07) is 34.0. The lowest BCUT2D eigenvalue weighted by Crippen LogP contribution is -2.28. The maximum Gasteiger partial charge on any atom is 0.0287 e. The Morgan fingerprint density at radius 2 is 1.45 bits per heavy atom. The molecular formula is C33H30. The van der Waals surface area contributed by atoms with E-state index in [1.54, 1.807) is 11.1 Å². The quantitative estimate of drug-likeness (QED) is 0.357. The molecule has 2 aliphatic carbocycles. The van der Waals surface area contributed by atoms with Gasteiger partial charge in [0, 0.05) is 5.92 Å². The van der Waals surface area contributed by atoms with Crippen LogP contribution in [0.3, 0.4) is 0 Å². The zero-order valence-electron chi connectivity index (χ0n) is 19.5. The predicted molar refractivity (Wildman–Crippen MR) is 138 cm³/mol. The average molecular weight is 427 g/mol. The average Bonchev–Trinajstić information content (AvgIpc) is 2.88. The molecule has 2 atom stereocenters. The minimum Gasteiger partial charge on any atom is -0.0648 e. The van der Waals surface area contributed by atoms with E-state index < -0.39 is 0 Å². The molecule has 0 saturated carbocycles. The first-order chi connectivity index (χ1) is 16.2. The summed E-state index contributed by atoms with van der Waals surface area (Å²) in [4.78, 5) is 0. The summed E-state index contributed by atoms with van der Waals surface area (Å²) < 4.78 is 0. The monoisotopic (exact) mass is 426 g/mol. The molecule has 0 heterocycles. The molecule has 0 bridgehead atoms. The Morgan fingerprint density at radius 3 is 2.24 bits per heavy atom. The molecule has 0 saturated heterocycles. The van der Waals surface area contributed by atoms with Crippen LogP contribution < -0.4 is 10.4 Å². The van der Waals surface area contributed by atoms with Crippen LogP contribution >= 0.6 is 0 Å². The highest BCUT2D eigenvalue weighted by atomic mass is 14.3. The highest BCUT2D eigenvalue weighted by Gasteiger charge is 2.27. The Morgan fingerprint density at radius 1 is 0.727 bits per heavy atom. The van der Waals surface area contributed by atoms with Crippen molar-refractivity contribution in [2.45, 2.75) is 39.0 Å². The number of hydrogen-bond acceptors (Lipinski definition) is 0. The van der Waals surface area contributed by atoms with Crippen molar-refractivity contribution in [1.82, 2.24) is 0 Å². The van der Waals surface area contributed by atoms with Crippen LogP contribution in [0.25, 0.3) is 11.6 Å². The number of rotatable bonds is 3. The normalized spacial score (nSPS) is 18.7. The van der Waals surface area contributed by atoms with Crippen molar-refractivity contribution in [3.05, 3.63) is 140 Å². The van der Waals surface area contributed by atoms with E-state index in [9.17, 15) is 0 Å². The van der Waals surface area contributed by atoms with Crippen LogP contribution in [-0.4, -0.2) is 0 Å². The highest BCUT2D eigenvalue weighted by molar-refractivity contribution is 5.71. The molecule has 0 radical (unpaired) electrons. The van der Waals surface area contributed by atoms with Crippen molar-refractivity contribution < 1.29 is 0 Å². The molecule has 0 amide bonds. The van der Waals surface area contributed by atoms with E-state index in [-0.39, 0.29) is 0 Å². The second-order valence-electron chi connectivity index (χ2n) is 9.62. The van der Waals surface area contributed by atoms with Crippen LogP contribution in [-0.2, 0) is 6.42 Å². The van der Waals surface area contributed by atoms with Gasteiger partial charge in [0.15, 0.2) is 0 Å². The first kappa shape index (κ1) is 20.2. The lowest BCUT2D eigenvalue weighted by atomic mass is 9.74. The van der Waals surface area contributed by atoms with Gasteiger partial charge in [-0.1, -0.05) is 110 Å². The molecule has 33 heavy (non-hydrogen) atoms. The SMILES string of the molecule is CCC1CCc2c3c(ccc2=C1c1ccc(C)cc1)=c1ccccc1=CC3c1ccccc1. The molecule has 162 valence electrons. The zero-order valence-corrected chi connectivity index (χ0v) is 19.5. The van der Waals surface area contributed by atoms with Gasteiger partial charge >= 0.3 is 0 Å². The van der Waals surface area contributed by atoms with Crippen LogP contribution in [0, 0.1) is 23.3 Å². The maximum atomic E-state index is 2.49. The van der Waals surface area contributed by atoms with Crippen LogP contribution in [0.2, 0.25) is 0 Å². The third-order valence-corrected chi connectivity index (χ3v) is 7.72. The van der Waals surface area contributed by atoms with Gasteiger partial charge in [0.25, 0.3) is 0 Å². The van der Waals surface area contributed by atoms with E-state index in [1.165, 1.54) is 56.0 Å². The summed E-state index contributed by atoms with van der Waals surface area (Å²) in [6.45, 7) is 4.52. The second-order valence-corrected chi connectivity index (χ2v) is 9.62. The molecule has 4 aromatic carbocycles. The topological polar surface area (TPSA) is 0 Å². The van der Waals surface area contributed by atoms with E-state index >= 15 is 0 Å². The molecule has 0 aliphatic heterocycles. The molecule has 0 heteroatoms. The molecule has 0 fully saturated rings. The summed E-state index contributed by atoms with van der Waals surface area (Å²) in [5, 5.41) is 5.61. The summed E-state index contributed by atoms with van der Waals surface area (Å²) in [5.74, 6) is 0.914. The van der Waals surface area contributed by atoms with Crippen LogP contribution in [0.15, 0.2) is 91.0 Å². The first-order valence-electron chi connectivity index (χ1n) is 12.3. The van der Waals surface area contributed by atoms with Crippen molar-refractivity contribution >= 4 is 11.6 Å². The van der Waals surface area contributed by atoms with Gasteiger partial charge in [-0.05, 0) is 80.8 Å². The summed E-state index contributed by atoms with van der Waals surface area (Å²) >= 11 is 0. The van der Waals surface area contributed by atoms with Crippen LogP contribution in [0.4, 0.5) is 0 Å². The van der Waals surface area contributed by atoms with Crippen molar-refractivity contribution in [3.63, 3.8) is 0 Å². The third-order valence-electron chi connectivity index (χ3n) is 7.72. The van der Waals surface area contributed by atoms with Gasteiger partial charge in [-0.2, -0.15) is 0 Å². The highest BCUT2D eigenvalue weighted by Crippen LogP contribution is 2.36. The number of aryl methyl sites for hydroxylation is 1. The van der Waals surface area contributed by atoms with Crippen molar-refractivity contribution in [1.29, 1.82) is 0 Å². The Hall–Kier alpha value is -3.38. The lowest BCUT2D eigenvalue weighted by molar-refractivity contribution is 0.569. The fraction of sp³-hybridized carbons (Fsp3) is 0.212. The third kappa shape index (κ3) is 3.37. The van der Waals surface area contributed by atoms with Gasteiger partial charge in [0.1, 0.15) is 0 Å². The molecular weight excluding hydrogens is 396 g/mol. The Bertz CT molecular complexity index is 1540. The van der Waals surface area contributed by atoms with Crippen molar-refractivity contribution in [3.8, 4) is 0 Å². The van der Waals surface area contributed by atoms with Crippen LogP contribution in [0.1, 0.15) is 53.5 Å². The van der Waals surface area contributed by atoms with Crippen molar-refractivity contribution in [2.24, 2.45) is 5.92 Å². The number of benzene rings is 4. The summed E-state index contributed by atoms with van der Waals surface area (Å²) in [6.07, 6.45) is 6.07. The van der Waals surface area contributed by atoms with E-state index in [0.29, 0.717) is 11.8 Å². The van der Waals surface area contributed by atoms with Crippen LogP contribution in [0.5, 0.6) is 0 Å². The van der Waals surface area contributed by atoms with Gasteiger partial charge in [-0.15, -0.1) is 0 Å². The zero-order chi connectivity index (χ0) is 22.4. The minimum absolute atomic E-state index is 0.295. The van der Waals surface area contributed by atoms with Gasteiger partial charge < -0.3 is 0 Å². The molecule has 6 rings (SSSR count). The molecule has 0 N–H and O–H groups in total. The van der Waals surface area contributed by atoms with E-state index in [2.05, 4.69) is 111 Å². The van der Waals surface area contributed by atoms with Crippen molar-refractivity contribution in [2.75, 3.05) is 0 Å². The molecule has 0 aromatic heterocycles. The predicted octanol–water partition coefficient (Wildman–Crippen LogP) is 6.38. The standard InChI is InChI=1S/C33H30/c1-3-23-17-18-30-29(32(23)25-15-13-22(2)14-16-25)20-19-28-27-12-8-7-11-26(27)21-31(33(28)30)24-9-5-4-6-10-24/h4-16,19-21,23,31H,3,17-18H2,1-2H3. The van der Waals surface area contributed by atoms with E-state index in [0.717, 1.165) is 6.42 Å². The van der Waals surface area contributed by atoms with Gasteiger partial charge in [-0.25, -0.2) is 0 Å².